The van der Waals surface area contributed by atoms with Crippen molar-refractivity contribution < 1.29 is 52.8 Å². The fourth-order valence-electron chi connectivity index (χ4n) is 5.90. The summed E-state index contributed by atoms with van der Waals surface area (Å²) in [5, 5.41) is 30.4. The smallest absolute Gasteiger partial charge is 0.876 e. The van der Waals surface area contributed by atoms with Crippen molar-refractivity contribution in [2.24, 2.45) is 9.98 Å². The Morgan fingerprint density at radius 2 is 0.707 bits per heavy atom. The summed E-state index contributed by atoms with van der Waals surface area (Å²) in [6, 6.07) is 25.1. The van der Waals surface area contributed by atoms with E-state index in [0.717, 1.165) is 102 Å². The first kappa shape index (κ1) is 50.7. The molecule has 10 heteroatoms. The van der Waals surface area contributed by atoms with Crippen molar-refractivity contribution in [2.75, 3.05) is 0 Å². The van der Waals surface area contributed by atoms with Gasteiger partial charge in [0.05, 0.1) is 11.4 Å². The van der Waals surface area contributed by atoms with Crippen LogP contribution in [0.25, 0.3) is 10.6 Å². The Morgan fingerprint density at radius 3 is 0.914 bits per heavy atom. The zero-order valence-electron chi connectivity index (χ0n) is 35.3. The van der Waals surface area contributed by atoms with Crippen molar-refractivity contribution >= 4 is 45.7 Å². The predicted molar refractivity (Wildman–Crippen MR) is 229 cm³/mol. The summed E-state index contributed by atoms with van der Waals surface area (Å²) >= 11 is 0. The molecule has 5 rings (SSSR count). The molecule has 0 fully saturated rings. The van der Waals surface area contributed by atoms with Crippen molar-refractivity contribution in [3.8, 4) is 0 Å². The van der Waals surface area contributed by atoms with Crippen LogP contribution in [0.3, 0.4) is 0 Å². The van der Waals surface area contributed by atoms with Gasteiger partial charge in [0.1, 0.15) is 0 Å². The third kappa shape index (κ3) is 15.2. The fourth-order valence-corrected chi connectivity index (χ4v) is 5.90. The number of hydrogen-bond donors (Lipinski definition) is 0. The standard InChI is InChI=1S/C38H38N4.2C5H8O2.2Ni/c1-23-13-9-14-24(2)35(23)39-31-21-33(41-37-27(5)17-11-18-28(37)6)34(42-38-29(7)19-12-20-30(38)8)22-32(31)40-36-25(3)15-10-16-26(36)4;2*1-4(6)3-5(2)7;;/h9-22H,1-8H3;2*3,6H,1-2H3;;/q-2;;;2*+2/p-2/b;2*4-3-;;. The number of ketones is 2. The zero-order valence-corrected chi connectivity index (χ0v) is 37.3. The van der Waals surface area contributed by atoms with E-state index in [0.29, 0.717) is 0 Å². The van der Waals surface area contributed by atoms with Crippen LogP contribution >= 0.6 is 0 Å². The van der Waals surface area contributed by atoms with Gasteiger partial charge in [-0.2, -0.15) is 0 Å². The Kier molecular flexibility index (Phi) is 20.8. The van der Waals surface area contributed by atoms with Gasteiger partial charge in [-0.3, -0.25) is 9.59 Å². The Bertz CT molecular complexity index is 2050. The molecular formula is C48H52N4Ni2O4. The van der Waals surface area contributed by atoms with Crippen molar-refractivity contribution in [2.45, 2.75) is 83.1 Å². The first-order chi connectivity index (χ1) is 26.4. The van der Waals surface area contributed by atoms with Crippen molar-refractivity contribution in [1.82, 2.24) is 0 Å². The molecule has 0 unspecified atom stereocenters. The number of nitrogens with zero attached hydrogens (tertiary/aromatic N) is 4. The Hall–Kier alpha value is -5.29. The molecule has 308 valence electrons. The van der Waals surface area contributed by atoms with E-state index in [4.69, 9.17) is 20.6 Å². The number of aliphatic imine (C=N–C) groups is 2. The van der Waals surface area contributed by atoms with Gasteiger partial charge in [-0.05, 0) is 104 Å². The molecular weight excluding hydrogens is 814 g/mol. The Balaban J connectivity index is 0.000000902. The van der Waals surface area contributed by atoms with E-state index in [1.807, 2.05) is 0 Å². The molecule has 0 aliphatic heterocycles. The molecule has 1 aliphatic rings. The number of carbonyl (C=O) groups excluding carboxylic acids is 2. The van der Waals surface area contributed by atoms with Crippen LogP contribution in [-0.2, 0) is 42.6 Å². The van der Waals surface area contributed by atoms with Gasteiger partial charge in [0, 0.05) is 11.4 Å². The van der Waals surface area contributed by atoms with Crippen molar-refractivity contribution in [3.05, 3.63) is 175 Å². The van der Waals surface area contributed by atoms with Gasteiger partial charge < -0.3 is 20.8 Å². The first-order valence-corrected chi connectivity index (χ1v) is 18.4. The maximum Gasteiger partial charge on any atom is 2.00 e. The average Bonchev–Trinajstić information content (AvgIpc) is 3.08. The van der Waals surface area contributed by atoms with E-state index >= 15 is 0 Å². The molecule has 0 heterocycles. The second-order valence-electron chi connectivity index (χ2n) is 14.0. The Morgan fingerprint density at radius 1 is 0.466 bits per heavy atom. The van der Waals surface area contributed by atoms with Gasteiger partial charge in [0.2, 0.25) is 0 Å². The molecule has 4 aromatic rings. The van der Waals surface area contributed by atoms with E-state index in [2.05, 4.69) is 140 Å². The average molecular weight is 866 g/mol. The fraction of sp³-hybridized carbons (Fsp3) is 0.250. The molecule has 0 aromatic heterocycles. The maximum atomic E-state index is 9.98. The van der Waals surface area contributed by atoms with E-state index in [-0.39, 0.29) is 56.1 Å². The number of hydrogen-bond acceptors (Lipinski definition) is 6. The van der Waals surface area contributed by atoms with E-state index < -0.39 is 0 Å². The van der Waals surface area contributed by atoms with Crippen LogP contribution in [0.4, 0.5) is 22.7 Å². The van der Waals surface area contributed by atoms with Crippen LogP contribution in [0.2, 0.25) is 0 Å². The van der Waals surface area contributed by atoms with Crippen molar-refractivity contribution in [1.29, 1.82) is 0 Å². The van der Waals surface area contributed by atoms with Gasteiger partial charge in [-0.1, -0.05) is 121 Å². The second kappa shape index (κ2) is 23.8. The quantitative estimate of drug-likeness (QED) is 0.0754. The minimum atomic E-state index is -0.187. The first-order valence-electron chi connectivity index (χ1n) is 18.4. The van der Waals surface area contributed by atoms with Crippen LogP contribution < -0.4 is 10.2 Å². The largest absolute Gasteiger partial charge is 2.00 e. The minimum absolute atomic E-state index is 0. The van der Waals surface area contributed by atoms with Crippen molar-refractivity contribution in [3.63, 3.8) is 0 Å². The molecule has 58 heavy (non-hydrogen) atoms. The molecule has 0 radical (unpaired) electrons. The van der Waals surface area contributed by atoms with Gasteiger partial charge in [-0.15, -0.1) is 34.3 Å². The van der Waals surface area contributed by atoms with Crippen LogP contribution in [0.1, 0.15) is 72.2 Å². The van der Waals surface area contributed by atoms with E-state index in [9.17, 15) is 19.8 Å². The predicted octanol–water partition coefficient (Wildman–Crippen LogP) is 10.9. The van der Waals surface area contributed by atoms with Crippen LogP contribution in [0.15, 0.2) is 130 Å². The summed E-state index contributed by atoms with van der Waals surface area (Å²) < 4.78 is 0. The number of aryl methyl sites for hydroxylation is 8. The molecule has 4 aromatic carbocycles. The summed E-state index contributed by atoms with van der Waals surface area (Å²) in [6.45, 7) is 22.2. The summed E-state index contributed by atoms with van der Waals surface area (Å²) in [5.41, 5.74) is 15.8. The number of rotatable bonds is 8. The van der Waals surface area contributed by atoms with Crippen LogP contribution in [0, 0.1) is 55.4 Å². The molecule has 0 amide bonds. The third-order valence-electron chi connectivity index (χ3n) is 8.57. The summed E-state index contributed by atoms with van der Waals surface area (Å²) in [6.07, 6.45) is 6.22. The topological polar surface area (TPSA) is 133 Å². The van der Waals surface area contributed by atoms with Gasteiger partial charge >= 0.3 is 33.0 Å². The molecule has 0 saturated carbocycles. The van der Waals surface area contributed by atoms with Crippen LogP contribution in [-0.4, -0.2) is 23.0 Å². The summed E-state index contributed by atoms with van der Waals surface area (Å²) in [5.74, 6) is -0.750. The molecule has 0 N–H and O–H groups in total. The van der Waals surface area contributed by atoms with Crippen LogP contribution in [0.5, 0.6) is 0 Å². The number of para-hydroxylation sites is 4. The summed E-state index contributed by atoms with van der Waals surface area (Å²) in [7, 11) is 0. The molecule has 0 spiro atoms. The van der Waals surface area contributed by atoms with E-state index in [1.54, 1.807) is 0 Å². The third-order valence-corrected chi connectivity index (χ3v) is 8.57. The second-order valence-corrected chi connectivity index (χ2v) is 14.0. The number of allylic oxidation sites excluding steroid dienone is 6. The maximum absolute atomic E-state index is 9.98. The van der Waals surface area contributed by atoms with Gasteiger partial charge in [0.25, 0.3) is 0 Å². The molecule has 0 atom stereocenters. The summed E-state index contributed by atoms with van der Waals surface area (Å²) in [4.78, 5) is 30.4. The SMILES string of the molecule is CC(=O)/C=C(/C)[O-].CC(=O)/C=C(/C)[O-].Cc1cccc(C)c1N=C1C=C([N-]c2c(C)cccc2C)C(=Nc2c(C)cccc2C)C=C1[N-]c1c(C)cccc1C.[Ni+2].[Ni+2]. The van der Waals surface area contributed by atoms with Gasteiger partial charge in [-0.25, -0.2) is 9.98 Å². The monoisotopic (exact) mass is 864 g/mol. The minimum Gasteiger partial charge on any atom is -0.876 e. The van der Waals surface area contributed by atoms with E-state index in [1.165, 1.54) is 27.7 Å². The zero-order chi connectivity index (χ0) is 41.7. The molecule has 0 bridgehead atoms. The Labute approximate surface area is 365 Å². The number of benzene rings is 4. The normalized spacial score (nSPS) is 13.7. The molecule has 0 saturated heterocycles. The molecule has 1 aliphatic carbocycles. The van der Waals surface area contributed by atoms with Gasteiger partial charge in [0.15, 0.2) is 11.6 Å². The number of carbonyl (C=O) groups is 2. The molecule has 8 nitrogen and oxygen atoms in total.